The minimum atomic E-state index is 0.498. The second-order valence-electron chi connectivity index (χ2n) is 1.55. The molecule has 0 aliphatic heterocycles. The Kier molecular flexibility index (Phi) is 3.85. The van der Waals surface area contributed by atoms with E-state index in [2.05, 4.69) is 6.58 Å². The fourth-order valence-corrected chi connectivity index (χ4v) is 0.317. The van der Waals surface area contributed by atoms with Crippen molar-refractivity contribution in [2.24, 2.45) is 0 Å². The van der Waals surface area contributed by atoms with Crippen LogP contribution in [0.2, 0.25) is 0 Å². The van der Waals surface area contributed by atoms with Crippen molar-refractivity contribution in [2.45, 2.75) is 13.3 Å². The van der Waals surface area contributed by atoms with Gasteiger partial charge in [0, 0.05) is 6.42 Å². The fraction of sp³-hybridized carbons (Fsp3) is 0.286. The van der Waals surface area contributed by atoms with Crippen molar-refractivity contribution in [3.63, 3.8) is 0 Å². The Morgan fingerprint density at radius 3 is 2.75 bits per heavy atom. The summed E-state index contributed by atoms with van der Waals surface area (Å²) in [6.07, 6.45) is 4.92. The molecule has 0 atom stereocenters. The van der Waals surface area contributed by atoms with Gasteiger partial charge in [-0.3, -0.25) is 0 Å². The number of rotatable bonds is 3. The van der Waals surface area contributed by atoms with Crippen molar-refractivity contribution >= 4 is 6.29 Å². The molecule has 0 fully saturated rings. The molecular formula is C7H10O. The lowest BCUT2D eigenvalue weighted by Gasteiger charge is -1.83. The molecule has 0 rings (SSSR count). The summed E-state index contributed by atoms with van der Waals surface area (Å²) in [5, 5.41) is 0. The molecule has 0 aliphatic carbocycles. The first kappa shape index (κ1) is 7.15. The zero-order chi connectivity index (χ0) is 6.41. The summed E-state index contributed by atoms with van der Waals surface area (Å²) in [5.74, 6) is 0. The Labute approximate surface area is 49.7 Å². The predicted molar refractivity (Wildman–Crippen MR) is 34.6 cm³/mol. The van der Waals surface area contributed by atoms with E-state index in [0.29, 0.717) is 6.42 Å². The third-order valence-corrected chi connectivity index (χ3v) is 0.858. The number of hydrogen-bond donors (Lipinski definition) is 0. The standard InChI is InChI=1S/C7H10O/c1-3-7(2)5-4-6-8/h3,5-6H,1,4H2,2H3/b7-5-. The first-order valence-corrected chi connectivity index (χ1v) is 2.54. The molecule has 0 aromatic heterocycles. The van der Waals surface area contributed by atoms with Gasteiger partial charge < -0.3 is 4.79 Å². The van der Waals surface area contributed by atoms with Gasteiger partial charge >= 0.3 is 0 Å². The Bertz CT molecular complexity index is 112. The number of allylic oxidation sites excluding steroid dienone is 3. The van der Waals surface area contributed by atoms with E-state index in [1.807, 2.05) is 13.0 Å². The van der Waals surface area contributed by atoms with Crippen molar-refractivity contribution in [1.29, 1.82) is 0 Å². The second-order valence-corrected chi connectivity index (χ2v) is 1.55. The van der Waals surface area contributed by atoms with Crippen molar-refractivity contribution in [1.82, 2.24) is 0 Å². The van der Waals surface area contributed by atoms with Crippen LogP contribution in [0, 0.1) is 0 Å². The summed E-state index contributed by atoms with van der Waals surface area (Å²) in [7, 11) is 0. The smallest absolute Gasteiger partial charge is 0.123 e. The van der Waals surface area contributed by atoms with Gasteiger partial charge in [-0.05, 0) is 6.92 Å². The fourth-order valence-electron chi connectivity index (χ4n) is 0.317. The van der Waals surface area contributed by atoms with E-state index in [1.54, 1.807) is 6.08 Å². The lowest BCUT2D eigenvalue weighted by atomic mass is 10.2. The summed E-state index contributed by atoms with van der Waals surface area (Å²) in [6.45, 7) is 5.44. The van der Waals surface area contributed by atoms with Gasteiger partial charge in [0.25, 0.3) is 0 Å². The van der Waals surface area contributed by atoms with Gasteiger partial charge in [-0.1, -0.05) is 24.3 Å². The number of hydrogen-bond acceptors (Lipinski definition) is 1. The maximum absolute atomic E-state index is 9.75. The highest BCUT2D eigenvalue weighted by Gasteiger charge is 1.75. The van der Waals surface area contributed by atoms with E-state index in [9.17, 15) is 4.79 Å². The molecule has 0 aromatic rings. The Hall–Kier alpha value is -0.850. The molecule has 0 aromatic carbocycles. The highest BCUT2D eigenvalue weighted by Crippen LogP contribution is 1.92. The summed E-state index contributed by atoms with van der Waals surface area (Å²) in [6, 6.07) is 0. The van der Waals surface area contributed by atoms with Gasteiger partial charge in [0.2, 0.25) is 0 Å². The molecule has 0 saturated heterocycles. The number of aldehydes is 1. The van der Waals surface area contributed by atoms with Crippen LogP contribution in [0.5, 0.6) is 0 Å². The maximum atomic E-state index is 9.75. The highest BCUT2D eigenvalue weighted by molar-refractivity contribution is 5.52. The van der Waals surface area contributed by atoms with E-state index in [4.69, 9.17) is 0 Å². The highest BCUT2D eigenvalue weighted by atomic mass is 16.1. The lowest BCUT2D eigenvalue weighted by Crippen LogP contribution is -1.69. The van der Waals surface area contributed by atoms with Crippen LogP contribution in [-0.2, 0) is 4.79 Å². The predicted octanol–water partition coefficient (Wildman–Crippen LogP) is 1.71. The van der Waals surface area contributed by atoms with E-state index < -0.39 is 0 Å². The van der Waals surface area contributed by atoms with Crippen LogP contribution in [0.3, 0.4) is 0 Å². The average molecular weight is 110 g/mol. The topological polar surface area (TPSA) is 17.1 Å². The first-order valence-electron chi connectivity index (χ1n) is 2.54. The van der Waals surface area contributed by atoms with Crippen molar-refractivity contribution in [3.05, 3.63) is 24.3 Å². The van der Waals surface area contributed by atoms with Crippen LogP contribution in [0.1, 0.15) is 13.3 Å². The molecule has 8 heavy (non-hydrogen) atoms. The minimum absolute atomic E-state index is 0.498. The summed E-state index contributed by atoms with van der Waals surface area (Å²) in [5.41, 5.74) is 1.05. The van der Waals surface area contributed by atoms with Crippen LogP contribution in [0.4, 0.5) is 0 Å². The Morgan fingerprint density at radius 2 is 2.38 bits per heavy atom. The molecule has 0 saturated carbocycles. The van der Waals surface area contributed by atoms with Gasteiger partial charge in [-0.15, -0.1) is 0 Å². The molecule has 0 N–H and O–H groups in total. The van der Waals surface area contributed by atoms with E-state index >= 15 is 0 Å². The summed E-state index contributed by atoms with van der Waals surface area (Å²) in [4.78, 5) is 9.75. The zero-order valence-electron chi connectivity index (χ0n) is 5.05. The van der Waals surface area contributed by atoms with Crippen molar-refractivity contribution in [3.8, 4) is 0 Å². The Balaban J connectivity index is 3.56. The van der Waals surface area contributed by atoms with Crippen molar-refractivity contribution < 1.29 is 4.79 Å². The molecule has 1 heteroatoms. The second kappa shape index (κ2) is 4.31. The van der Waals surface area contributed by atoms with Crippen LogP contribution in [0.25, 0.3) is 0 Å². The molecular weight excluding hydrogens is 100 g/mol. The van der Waals surface area contributed by atoms with Crippen LogP contribution in [-0.4, -0.2) is 6.29 Å². The van der Waals surface area contributed by atoms with E-state index in [-0.39, 0.29) is 0 Å². The molecule has 0 heterocycles. The van der Waals surface area contributed by atoms with Gasteiger partial charge in [0.05, 0.1) is 0 Å². The van der Waals surface area contributed by atoms with Gasteiger partial charge in [-0.25, -0.2) is 0 Å². The Morgan fingerprint density at radius 1 is 1.75 bits per heavy atom. The molecule has 0 unspecified atom stereocenters. The molecule has 0 aliphatic rings. The molecule has 1 nitrogen and oxygen atoms in total. The van der Waals surface area contributed by atoms with Gasteiger partial charge in [0.1, 0.15) is 6.29 Å². The molecule has 0 bridgehead atoms. The van der Waals surface area contributed by atoms with E-state index in [1.165, 1.54) is 0 Å². The largest absolute Gasteiger partial charge is 0.303 e. The summed E-state index contributed by atoms with van der Waals surface area (Å²) >= 11 is 0. The van der Waals surface area contributed by atoms with Crippen LogP contribution in [0.15, 0.2) is 24.3 Å². The molecule has 0 spiro atoms. The normalized spacial score (nSPS) is 10.9. The molecule has 0 radical (unpaired) electrons. The lowest BCUT2D eigenvalue weighted by molar-refractivity contribution is -0.107. The molecule has 44 valence electrons. The zero-order valence-corrected chi connectivity index (χ0v) is 5.05. The average Bonchev–Trinajstić information content (AvgIpc) is 1.83. The van der Waals surface area contributed by atoms with E-state index in [0.717, 1.165) is 11.9 Å². The first-order chi connectivity index (χ1) is 3.81. The van der Waals surface area contributed by atoms with Gasteiger partial charge in [0.15, 0.2) is 0 Å². The van der Waals surface area contributed by atoms with Gasteiger partial charge in [-0.2, -0.15) is 0 Å². The summed E-state index contributed by atoms with van der Waals surface area (Å²) < 4.78 is 0. The monoisotopic (exact) mass is 110 g/mol. The SMILES string of the molecule is C=C/C(C)=C\CC=O. The maximum Gasteiger partial charge on any atom is 0.123 e. The van der Waals surface area contributed by atoms with Crippen LogP contribution >= 0.6 is 0 Å². The quantitative estimate of drug-likeness (QED) is 0.399. The third kappa shape index (κ3) is 3.34. The third-order valence-electron chi connectivity index (χ3n) is 0.858. The van der Waals surface area contributed by atoms with Crippen molar-refractivity contribution in [2.75, 3.05) is 0 Å². The minimum Gasteiger partial charge on any atom is -0.303 e. The van der Waals surface area contributed by atoms with Crippen LogP contribution < -0.4 is 0 Å². The number of carbonyl (C=O) groups is 1. The number of carbonyl (C=O) groups excluding carboxylic acids is 1. The molecule has 0 amide bonds.